The first kappa shape index (κ1) is 19.4. The van der Waals surface area contributed by atoms with Crippen LogP contribution in [0.1, 0.15) is 12.0 Å². The highest BCUT2D eigenvalue weighted by Crippen LogP contribution is 2.38. The quantitative estimate of drug-likeness (QED) is 0.616. The molecule has 7 nitrogen and oxygen atoms in total. The highest BCUT2D eigenvalue weighted by Gasteiger charge is 2.24. The van der Waals surface area contributed by atoms with Gasteiger partial charge in [0.1, 0.15) is 10.3 Å². The molecule has 1 aromatic carbocycles. The van der Waals surface area contributed by atoms with E-state index in [0.29, 0.717) is 49.2 Å². The van der Waals surface area contributed by atoms with Crippen molar-refractivity contribution in [2.75, 3.05) is 44.3 Å². The van der Waals surface area contributed by atoms with Crippen LogP contribution in [-0.2, 0) is 11.2 Å². The molecular weight excluding hydrogens is 424 g/mol. The summed E-state index contributed by atoms with van der Waals surface area (Å²) in [5.41, 5.74) is 1.76. The second kappa shape index (κ2) is 8.28. The lowest BCUT2D eigenvalue weighted by Gasteiger charge is -2.34. The van der Waals surface area contributed by atoms with Crippen molar-refractivity contribution in [2.45, 2.75) is 12.8 Å². The first-order valence-corrected chi connectivity index (χ1v) is 11.2. The van der Waals surface area contributed by atoms with Gasteiger partial charge in [0, 0.05) is 38.8 Å². The molecule has 1 fully saturated rings. The van der Waals surface area contributed by atoms with E-state index in [9.17, 15) is 4.79 Å². The third-order valence-corrected chi connectivity index (χ3v) is 6.60. The standard InChI is InChI=1S/C21H21ClN4O3S/c22-15-11-14(12-17-19(15)29-10-2-9-28-17)13-18(27)25-5-7-26(8-6-25)21-24-16-3-1-4-23-20(16)30-21/h1,3-4,11-12H,2,5-10,13H2. The lowest BCUT2D eigenvalue weighted by Crippen LogP contribution is -2.49. The number of benzene rings is 1. The van der Waals surface area contributed by atoms with Crippen molar-refractivity contribution in [3.8, 4) is 11.5 Å². The molecule has 30 heavy (non-hydrogen) atoms. The van der Waals surface area contributed by atoms with Crippen molar-refractivity contribution in [1.82, 2.24) is 14.9 Å². The average Bonchev–Trinajstić information content (AvgIpc) is 3.05. The van der Waals surface area contributed by atoms with Crippen molar-refractivity contribution in [3.63, 3.8) is 0 Å². The number of aromatic nitrogens is 2. The van der Waals surface area contributed by atoms with Crippen molar-refractivity contribution < 1.29 is 14.3 Å². The second-order valence-corrected chi connectivity index (χ2v) is 8.69. The predicted molar refractivity (Wildman–Crippen MR) is 117 cm³/mol. The summed E-state index contributed by atoms with van der Waals surface area (Å²) in [6.07, 6.45) is 2.89. The Morgan fingerprint density at radius 1 is 1.17 bits per heavy atom. The smallest absolute Gasteiger partial charge is 0.227 e. The number of nitrogens with zero attached hydrogens (tertiary/aromatic N) is 4. The van der Waals surface area contributed by atoms with Crippen LogP contribution in [0.5, 0.6) is 11.5 Å². The van der Waals surface area contributed by atoms with E-state index in [-0.39, 0.29) is 5.91 Å². The van der Waals surface area contributed by atoms with Crippen LogP contribution in [0.15, 0.2) is 30.5 Å². The fourth-order valence-electron chi connectivity index (χ4n) is 3.71. The first-order chi connectivity index (χ1) is 14.7. The maximum Gasteiger partial charge on any atom is 0.227 e. The number of pyridine rings is 1. The van der Waals surface area contributed by atoms with Gasteiger partial charge >= 0.3 is 0 Å². The summed E-state index contributed by atoms with van der Waals surface area (Å²) in [5, 5.41) is 1.46. The normalized spacial score (nSPS) is 16.6. The third-order valence-electron chi connectivity index (χ3n) is 5.28. The number of ether oxygens (including phenoxy) is 2. The summed E-state index contributed by atoms with van der Waals surface area (Å²) >= 11 is 7.95. The van der Waals surface area contributed by atoms with E-state index in [4.69, 9.17) is 21.1 Å². The lowest BCUT2D eigenvalue weighted by atomic mass is 10.1. The fraction of sp³-hybridized carbons (Fsp3) is 0.381. The molecule has 0 spiro atoms. The van der Waals surface area contributed by atoms with Crippen LogP contribution >= 0.6 is 22.9 Å². The molecular formula is C21H21ClN4O3S. The van der Waals surface area contributed by atoms with Crippen molar-refractivity contribution in [2.24, 2.45) is 0 Å². The zero-order chi connectivity index (χ0) is 20.5. The highest BCUT2D eigenvalue weighted by atomic mass is 35.5. The highest BCUT2D eigenvalue weighted by molar-refractivity contribution is 7.21. The Morgan fingerprint density at radius 2 is 2.00 bits per heavy atom. The molecule has 0 N–H and O–H groups in total. The van der Waals surface area contributed by atoms with Crippen LogP contribution in [0, 0.1) is 0 Å². The molecule has 4 heterocycles. The summed E-state index contributed by atoms with van der Waals surface area (Å²) in [7, 11) is 0. The minimum atomic E-state index is 0.0890. The molecule has 0 aliphatic carbocycles. The third kappa shape index (κ3) is 3.89. The summed E-state index contributed by atoms with van der Waals surface area (Å²) in [6, 6.07) is 7.54. The minimum absolute atomic E-state index is 0.0890. The fourth-order valence-corrected chi connectivity index (χ4v) is 4.96. The summed E-state index contributed by atoms with van der Waals surface area (Å²) in [6.45, 7) is 4.02. The Bertz CT molecular complexity index is 1050. The number of halogens is 1. The Balaban J connectivity index is 1.23. The zero-order valence-electron chi connectivity index (χ0n) is 16.3. The van der Waals surface area contributed by atoms with Crippen molar-refractivity contribution >= 4 is 44.3 Å². The van der Waals surface area contributed by atoms with Crippen LogP contribution in [0.25, 0.3) is 10.3 Å². The Labute approximate surface area is 183 Å². The van der Waals surface area contributed by atoms with Crippen LogP contribution in [-0.4, -0.2) is 60.2 Å². The second-order valence-electron chi connectivity index (χ2n) is 7.32. The molecule has 0 unspecified atom stereocenters. The molecule has 156 valence electrons. The molecule has 1 amide bonds. The maximum absolute atomic E-state index is 12.9. The van der Waals surface area contributed by atoms with Gasteiger partial charge in [-0.25, -0.2) is 9.97 Å². The first-order valence-electron chi connectivity index (χ1n) is 10.00. The SMILES string of the molecule is O=C(Cc1cc(Cl)c2c(c1)OCCCO2)N1CCN(c2nc3cccnc3s2)CC1. The number of amides is 1. The number of carbonyl (C=O) groups is 1. The lowest BCUT2D eigenvalue weighted by molar-refractivity contribution is -0.130. The van der Waals surface area contributed by atoms with Crippen molar-refractivity contribution in [3.05, 3.63) is 41.0 Å². The molecule has 1 saturated heterocycles. The molecule has 0 radical (unpaired) electrons. The number of anilines is 1. The molecule has 0 atom stereocenters. The Morgan fingerprint density at radius 3 is 2.83 bits per heavy atom. The molecule has 3 aromatic rings. The molecule has 2 aliphatic rings. The molecule has 2 aliphatic heterocycles. The van der Waals surface area contributed by atoms with E-state index in [1.807, 2.05) is 23.1 Å². The van der Waals surface area contributed by atoms with E-state index >= 15 is 0 Å². The van der Waals surface area contributed by atoms with E-state index in [2.05, 4.69) is 14.9 Å². The number of thiazole rings is 1. The molecule has 0 saturated carbocycles. The molecule has 2 aromatic heterocycles. The van der Waals surface area contributed by atoms with Gasteiger partial charge in [-0.2, -0.15) is 0 Å². The van der Waals surface area contributed by atoms with Gasteiger partial charge in [0.2, 0.25) is 5.91 Å². The Kier molecular flexibility index (Phi) is 5.35. The monoisotopic (exact) mass is 444 g/mol. The zero-order valence-corrected chi connectivity index (χ0v) is 17.9. The van der Waals surface area contributed by atoms with Gasteiger partial charge in [-0.1, -0.05) is 22.9 Å². The van der Waals surface area contributed by atoms with Gasteiger partial charge in [0.25, 0.3) is 0 Å². The minimum Gasteiger partial charge on any atom is -0.489 e. The summed E-state index contributed by atoms with van der Waals surface area (Å²) in [4.78, 5) is 27.0. The van der Waals surface area contributed by atoms with Gasteiger partial charge in [-0.15, -0.1) is 0 Å². The van der Waals surface area contributed by atoms with Gasteiger partial charge in [-0.05, 0) is 29.8 Å². The molecule has 9 heteroatoms. The van der Waals surface area contributed by atoms with Crippen LogP contribution in [0.2, 0.25) is 5.02 Å². The maximum atomic E-state index is 12.9. The predicted octanol–water partition coefficient (Wildman–Crippen LogP) is 3.40. The number of rotatable bonds is 3. The van der Waals surface area contributed by atoms with Gasteiger partial charge in [0.15, 0.2) is 16.6 Å². The van der Waals surface area contributed by atoms with Gasteiger partial charge < -0.3 is 19.3 Å². The number of carbonyl (C=O) groups excluding carboxylic acids is 1. The number of hydrogen-bond acceptors (Lipinski definition) is 7. The van der Waals surface area contributed by atoms with E-state index in [1.165, 1.54) is 0 Å². The van der Waals surface area contributed by atoms with Gasteiger partial charge in [-0.3, -0.25) is 4.79 Å². The molecule has 5 rings (SSSR count). The summed E-state index contributed by atoms with van der Waals surface area (Å²) < 4.78 is 11.4. The number of hydrogen-bond donors (Lipinski definition) is 0. The van der Waals surface area contributed by atoms with Crippen LogP contribution in [0.3, 0.4) is 0 Å². The topological polar surface area (TPSA) is 67.8 Å². The average molecular weight is 445 g/mol. The summed E-state index contributed by atoms with van der Waals surface area (Å²) in [5.74, 6) is 1.28. The van der Waals surface area contributed by atoms with E-state index in [1.54, 1.807) is 23.6 Å². The largest absolute Gasteiger partial charge is 0.489 e. The van der Waals surface area contributed by atoms with Crippen molar-refractivity contribution in [1.29, 1.82) is 0 Å². The Hall–Kier alpha value is -2.58. The number of piperazine rings is 1. The van der Waals surface area contributed by atoms with Crippen LogP contribution < -0.4 is 14.4 Å². The van der Waals surface area contributed by atoms with E-state index in [0.717, 1.165) is 40.6 Å². The van der Waals surface area contributed by atoms with Gasteiger partial charge in [0.05, 0.1) is 24.7 Å². The van der Waals surface area contributed by atoms with Crippen LogP contribution in [0.4, 0.5) is 5.13 Å². The molecule has 0 bridgehead atoms. The number of fused-ring (bicyclic) bond motifs is 2. The van der Waals surface area contributed by atoms with E-state index < -0.39 is 0 Å².